The first-order valence-corrected chi connectivity index (χ1v) is 13.9. The number of anilines is 1. The lowest BCUT2D eigenvalue weighted by Gasteiger charge is -2.13. The number of ketones is 1. The van der Waals surface area contributed by atoms with E-state index in [-0.39, 0.29) is 17.2 Å². The quantitative estimate of drug-likeness (QED) is 0.114. The van der Waals surface area contributed by atoms with Crippen molar-refractivity contribution < 1.29 is 19.1 Å². The molecule has 4 rings (SSSR count). The van der Waals surface area contributed by atoms with Crippen LogP contribution in [0.2, 0.25) is 5.02 Å². The highest BCUT2D eigenvalue weighted by atomic mass is 35.5. The van der Waals surface area contributed by atoms with Crippen LogP contribution < -0.4 is 15.4 Å². The number of halogens is 1. The highest BCUT2D eigenvalue weighted by Gasteiger charge is 2.17. The van der Waals surface area contributed by atoms with Crippen molar-refractivity contribution in [2.24, 2.45) is 0 Å². The molecule has 0 aliphatic carbocycles. The van der Waals surface area contributed by atoms with E-state index in [0.29, 0.717) is 39.8 Å². The first-order chi connectivity index (χ1) is 19.4. The van der Waals surface area contributed by atoms with Crippen molar-refractivity contribution in [3.63, 3.8) is 0 Å². The van der Waals surface area contributed by atoms with Gasteiger partial charge < -0.3 is 15.4 Å². The Balaban J connectivity index is 1.53. The number of ether oxygens (including phenoxy) is 1. The van der Waals surface area contributed by atoms with Crippen molar-refractivity contribution >= 4 is 52.7 Å². The van der Waals surface area contributed by atoms with Crippen LogP contribution >= 0.6 is 23.4 Å². The number of para-hydroxylation sites is 1. The van der Waals surface area contributed by atoms with Gasteiger partial charge in [0, 0.05) is 27.3 Å². The molecule has 8 heteroatoms. The maximum absolute atomic E-state index is 13.4. The summed E-state index contributed by atoms with van der Waals surface area (Å²) in [5.74, 6) is -0.242. The standard InChI is InChI=1S/C32H27ClN2O4S/c1-2-39-30-18-9-6-13-23(30)19-28(35-31(37)22-11-4-3-5-12-22)32(38)34-24-14-10-15-25(20-24)40-21-29(36)26-16-7-8-17-27(26)33/h3-20H,2,21H2,1H3,(H,34,38)(H,35,37)/b28-19-. The molecular weight excluding hydrogens is 544 g/mol. The highest BCUT2D eigenvalue weighted by molar-refractivity contribution is 8.00. The van der Waals surface area contributed by atoms with Gasteiger partial charge in [-0.2, -0.15) is 0 Å². The van der Waals surface area contributed by atoms with Crippen molar-refractivity contribution in [3.05, 3.63) is 131 Å². The number of Topliss-reactive ketones (excluding diaryl/α,β-unsaturated/α-hetero) is 1. The van der Waals surface area contributed by atoms with Gasteiger partial charge in [-0.15, -0.1) is 11.8 Å². The van der Waals surface area contributed by atoms with E-state index < -0.39 is 11.8 Å². The van der Waals surface area contributed by atoms with Crippen LogP contribution in [0.1, 0.15) is 33.2 Å². The van der Waals surface area contributed by atoms with Crippen LogP contribution in [0.3, 0.4) is 0 Å². The summed E-state index contributed by atoms with van der Waals surface area (Å²) in [5.41, 5.74) is 2.09. The molecule has 0 atom stereocenters. The topological polar surface area (TPSA) is 84.5 Å². The minimum absolute atomic E-state index is 0.0490. The number of hydrogen-bond acceptors (Lipinski definition) is 5. The fraction of sp³-hybridized carbons (Fsp3) is 0.0938. The molecule has 0 bridgehead atoms. The number of nitrogens with one attached hydrogen (secondary N) is 2. The molecule has 4 aromatic rings. The van der Waals surface area contributed by atoms with E-state index in [4.69, 9.17) is 16.3 Å². The summed E-state index contributed by atoms with van der Waals surface area (Å²) in [6.45, 7) is 2.32. The molecule has 0 saturated heterocycles. The average Bonchev–Trinajstić information content (AvgIpc) is 2.97. The molecule has 2 N–H and O–H groups in total. The van der Waals surface area contributed by atoms with E-state index in [0.717, 1.165) is 4.90 Å². The number of thioether (sulfide) groups is 1. The third-order valence-electron chi connectivity index (χ3n) is 5.68. The SMILES string of the molecule is CCOc1ccccc1/C=C(\NC(=O)c1ccccc1)C(=O)Nc1cccc(SCC(=O)c2ccccc2Cl)c1. The van der Waals surface area contributed by atoms with Crippen molar-refractivity contribution in [1.29, 1.82) is 0 Å². The van der Waals surface area contributed by atoms with Crippen LogP contribution in [0, 0.1) is 0 Å². The highest BCUT2D eigenvalue weighted by Crippen LogP contribution is 2.25. The third kappa shape index (κ3) is 7.85. The van der Waals surface area contributed by atoms with E-state index >= 15 is 0 Å². The van der Waals surface area contributed by atoms with Crippen LogP contribution in [-0.4, -0.2) is 30.0 Å². The second-order valence-corrected chi connectivity index (χ2v) is 9.98. The smallest absolute Gasteiger partial charge is 0.272 e. The number of amides is 2. The number of rotatable bonds is 11. The molecule has 4 aromatic carbocycles. The van der Waals surface area contributed by atoms with Gasteiger partial charge in [0.05, 0.1) is 17.4 Å². The van der Waals surface area contributed by atoms with Crippen LogP contribution in [0.4, 0.5) is 5.69 Å². The number of hydrogen-bond donors (Lipinski definition) is 2. The van der Waals surface area contributed by atoms with Gasteiger partial charge in [-0.1, -0.05) is 66.2 Å². The van der Waals surface area contributed by atoms with Crippen molar-refractivity contribution in [1.82, 2.24) is 5.32 Å². The average molecular weight is 571 g/mol. The molecule has 40 heavy (non-hydrogen) atoms. The number of carbonyl (C=O) groups excluding carboxylic acids is 3. The van der Waals surface area contributed by atoms with Gasteiger partial charge in [0.25, 0.3) is 11.8 Å². The largest absolute Gasteiger partial charge is 0.493 e. The molecule has 0 saturated carbocycles. The van der Waals surface area contributed by atoms with Gasteiger partial charge >= 0.3 is 0 Å². The predicted octanol–water partition coefficient (Wildman–Crippen LogP) is 7.12. The second kappa shape index (κ2) is 14.2. The summed E-state index contributed by atoms with van der Waals surface area (Å²) in [7, 11) is 0. The molecule has 0 fully saturated rings. The first kappa shape index (κ1) is 28.7. The minimum Gasteiger partial charge on any atom is -0.493 e. The second-order valence-electron chi connectivity index (χ2n) is 8.52. The Morgan fingerprint density at radius 3 is 2.38 bits per heavy atom. The summed E-state index contributed by atoms with van der Waals surface area (Å²) in [4.78, 5) is 39.8. The maximum atomic E-state index is 13.4. The zero-order valence-electron chi connectivity index (χ0n) is 21.7. The van der Waals surface area contributed by atoms with E-state index in [9.17, 15) is 14.4 Å². The van der Waals surface area contributed by atoms with E-state index in [1.807, 2.05) is 31.2 Å². The fourth-order valence-corrected chi connectivity index (χ4v) is 4.84. The molecule has 0 heterocycles. The normalized spacial score (nSPS) is 11.0. The van der Waals surface area contributed by atoms with Crippen LogP contribution in [0.5, 0.6) is 5.75 Å². The molecule has 6 nitrogen and oxygen atoms in total. The molecular formula is C32H27ClN2O4S. The third-order valence-corrected chi connectivity index (χ3v) is 7.01. The van der Waals surface area contributed by atoms with Gasteiger partial charge in [-0.05, 0) is 61.5 Å². The Morgan fingerprint density at radius 1 is 0.875 bits per heavy atom. The van der Waals surface area contributed by atoms with E-state index in [1.165, 1.54) is 11.8 Å². The monoisotopic (exact) mass is 570 g/mol. The number of carbonyl (C=O) groups is 3. The summed E-state index contributed by atoms with van der Waals surface area (Å²) < 4.78 is 5.70. The van der Waals surface area contributed by atoms with Crippen LogP contribution in [0.25, 0.3) is 6.08 Å². The van der Waals surface area contributed by atoms with Crippen LogP contribution in [-0.2, 0) is 4.79 Å². The molecule has 0 spiro atoms. The van der Waals surface area contributed by atoms with E-state index in [1.54, 1.807) is 84.9 Å². The molecule has 0 radical (unpaired) electrons. The lowest BCUT2D eigenvalue weighted by Crippen LogP contribution is -2.30. The van der Waals surface area contributed by atoms with Gasteiger partial charge in [0.15, 0.2) is 5.78 Å². The molecule has 0 aliphatic heterocycles. The molecule has 0 aromatic heterocycles. The Morgan fingerprint density at radius 2 is 1.60 bits per heavy atom. The molecule has 202 valence electrons. The summed E-state index contributed by atoms with van der Waals surface area (Å²) in [6.07, 6.45) is 1.59. The van der Waals surface area contributed by atoms with Gasteiger partial charge in [-0.25, -0.2) is 0 Å². The van der Waals surface area contributed by atoms with Crippen LogP contribution in [0.15, 0.2) is 114 Å². The zero-order chi connectivity index (χ0) is 28.3. The Bertz CT molecular complexity index is 1540. The Labute approximate surface area is 242 Å². The van der Waals surface area contributed by atoms with Crippen molar-refractivity contribution in [3.8, 4) is 5.75 Å². The predicted molar refractivity (Wildman–Crippen MR) is 161 cm³/mol. The summed E-state index contributed by atoms with van der Waals surface area (Å²) in [5, 5.41) is 6.01. The van der Waals surface area contributed by atoms with Gasteiger partial charge in [0.2, 0.25) is 0 Å². The summed E-state index contributed by atoms with van der Waals surface area (Å²) >= 11 is 7.49. The molecule has 2 amide bonds. The molecule has 0 aliphatic rings. The van der Waals surface area contributed by atoms with Crippen molar-refractivity contribution in [2.45, 2.75) is 11.8 Å². The van der Waals surface area contributed by atoms with Crippen molar-refractivity contribution in [2.75, 3.05) is 17.7 Å². The minimum atomic E-state index is -0.509. The van der Waals surface area contributed by atoms with Gasteiger partial charge in [-0.3, -0.25) is 14.4 Å². The number of benzene rings is 4. The van der Waals surface area contributed by atoms with E-state index in [2.05, 4.69) is 10.6 Å². The summed E-state index contributed by atoms with van der Waals surface area (Å²) in [6, 6.07) is 30.0. The Hall–Kier alpha value is -4.33. The lowest BCUT2D eigenvalue weighted by atomic mass is 10.1. The lowest BCUT2D eigenvalue weighted by molar-refractivity contribution is -0.113. The fourth-order valence-electron chi connectivity index (χ4n) is 3.76. The maximum Gasteiger partial charge on any atom is 0.272 e. The van der Waals surface area contributed by atoms with Gasteiger partial charge in [0.1, 0.15) is 11.4 Å². The first-order valence-electron chi connectivity index (χ1n) is 12.6. The molecule has 0 unspecified atom stereocenters. The Kier molecular flexibility index (Phi) is 10.2. The zero-order valence-corrected chi connectivity index (χ0v) is 23.3.